The number of imidazole rings is 1. The lowest BCUT2D eigenvalue weighted by molar-refractivity contribution is 0.157. The van der Waals surface area contributed by atoms with E-state index in [-0.39, 0.29) is 17.6 Å². The molecule has 1 aliphatic rings. The molecule has 2 aromatic heterocycles. The third-order valence-corrected chi connectivity index (χ3v) is 4.86. The van der Waals surface area contributed by atoms with Gasteiger partial charge in [-0.3, -0.25) is 4.79 Å². The fraction of sp³-hybridized carbons (Fsp3) is 0.500. The second-order valence-electron chi connectivity index (χ2n) is 6.50. The van der Waals surface area contributed by atoms with E-state index in [4.69, 9.17) is 0 Å². The molecule has 0 aliphatic carbocycles. The minimum Gasteiger partial charge on any atom is -0.333 e. The van der Waals surface area contributed by atoms with Gasteiger partial charge in [0.25, 0.3) is 5.56 Å². The number of pyridine rings is 1. The van der Waals surface area contributed by atoms with Gasteiger partial charge in [0, 0.05) is 38.7 Å². The number of aromatic nitrogens is 3. The van der Waals surface area contributed by atoms with Gasteiger partial charge >= 0.3 is 6.03 Å². The van der Waals surface area contributed by atoms with Crippen LogP contribution in [-0.4, -0.2) is 31.6 Å². The number of likely N-dealkylation sites (tertiary alicyclic amines) is 1. The van der Waals surface area contributed by atoms with Crippen LogP contribution in [0, 0.1) is 6.92 Å². The van der Waals surface area contributed by atoms with Crippen LogP contribution < -0.4 is 10.9 Å². The molecular weight excluding hydrogens is 318 g/mol. The Hall–Kier alpha value is -2.57. The van der Waals surface area contributed by atoms with Crippen LogP contribution in [-0.2, 0) is 13.6 Å². The first-order chi connectivity index (χ1) is 12.0. The van der Waals surface area contributed by atoms with Crippen molar-refractivity contribution in [3.63, 3.8) is 0 Å². The van der Waals surface area contributed by atoms with E-state index in [1.54, 1.807) is 19.4 Å². The summed E-state index contributed by atoms with van der Waals surface area (Å²) < 4.78 is 3.54. The van der Waals surface area contributed by atoms with Gasteiger partial charge in [-0.1, -0.05) is 0 Å². The summed E-state index contributed by atoms with van der Waals surface area (Å²) in [5, 5.41) is 2.84. The van der Waals surface area contributed by atoms with Crippen LogP contribution in [0.25, 0.3) is 0 Å². The van der Waals surface area contributed by atoms with E-state index in [1.165, 1.54) is 4.57 Å². The number of rotatable bonds is 3. The van der Waals surface area contributed by atoms with Crippen molar-refractivity contribution in [1.29, 1.82) is 0 Å². The molecule has 0 spiro atoms. The number of nitrogens with zero attached hydrogens (tertiary/aromatic N) is 4. The maximum absolute atomic E-state index is 12.9. The fourth-order valence-electron chi connectivity index (χ4n) is 3.38. The number of aryl methyl sites for hydroxylation is 3. The average Bonchev–Trinajstić information content (AvgIpc) is 3.10. The minimum absolute atomic E-state index is 0.0587. The maximum Gasteiger partial charge on any atom is 0.322 e. The highest BCUT2D eigenvalue weighted by atomic mass is 16.2. The molecule has 1 N–H and O–H groups in total. The highest BCUT2D eigenvalue weighted by Gasteiger charge is 2.31. The van der Waals surface area contributed by atoms with Crippen LogP contribution in [0.3, 0.4) is 0 Å². The molecule has 2 aromatic rings. The summed E-state index contributed by atoms with van der Waals surface area (Å²) in [4.78, 5) is 31.5. The van der Waals surface area contributed by atoms with Crippen molar-refractivity contribution in [2.24, 2.45) is 7.05 Å². The number of nitrogens with one attached hydrogen (secondary N) is 1. The fourth-order valence-corrected chi connectivity index (χ4v) is 3.38. The number of anilines is 1. The third kappa shape index (κ3) is 3.31. The highest BCUT2D eigenvalue weighted by molar-refractivity contribution is 5.90. The number of carbonyl (C=O) groups excluding carboxylic acids is 1. The Balaban J connectivity index is 1.87. The molecule has 3 heterocycles. The Morgan fingerprint density at radius 1 is 1.36 bits per heavy atom. The second-order valence-corrected chi connectivity index (χ2v) is 6.50. The second kappa shape index (κ2) is 7.13. The van der Waals surface area contributed by atoms with Crippen LogP contribution >= 0.6 is 0 Å². The zero-order valence-corrected chi connectivity index (χ0v) is 15.0. The zero-order valence-electron chi connectivity index (χ0n) is 15.0. The van der Waals surface area contributed by atoms with Crippen LogP contribution in [0.1, 0.15) is 43.6 Å². The monoisotopic (exact) mass is 343 g/mol. The van der Waals surface area contributed by atoms with Gasteiger partial charge in [0.1, 0.15) is 11.5 Å². The lowest BCUT2D eigenvalue weighted by Crippen LogP contribution is -2.43. The summed E-state index contributed by atoms with van der Waals surface area (Å²) in [6.07, 6.45) is 8.34. The summed E-state index contributed by atoms with van der Waals surface area (Å²) in [5.41, 5.74) is 0.912. The van der Waals surface area contributed by atoms with Gasteiger partial charge in [0.2, 0.25) is 0 Å². The molecule has 1 unspecified atom stereocenters. The smallest absolute Gasteiger partial charge is 0.322 e. The molecule has 134 valence electrons. The van der Waals surface area contributed by atoms with Crippen molar-refractivity contribution in [3.8, 4) is 0 Å². The van der Waals surface area contributed by atoms with Gasteiger partial charge in [-0.25, -0.2) is 9.78 Å². The van der Waals surface area contributed by atoms with Gasteiger partial charge in [-0.05, 0) is 44.7 Å². The van der Waals surface area contributed by atoms with Crippen molar-refractivity contribution in [3.05, 3.63) is 46.4 Å². The Kier molecular flexibility index (Phi) is 4.92. The van der Waals surface area contributed by atoms with Gasteiger partial charge in [-0.2, -0.15) is 0 Å². The number of urea groups is 1. The summed E-state index contributed by atoms with van der Waals surface area (Å²) in [7, 11) is 1.68. The Morgan fingerprint density at radius 2 is 2.16 bits per heavy atom. The number of amides is 2. The maximum atomic E-state index is 12.9. The standard InChI is InChI=1S/C18H25N5O2/c1-4-22-12-9-19-16(22)14-7-5-6-10-23(14)18(25)20-15-13(2)8-11-21(3)17(15)24/h8-9,11-12,14H,4-7,10H2,1-3H3,(H,20,25). The van der Waals surface area contributed by atoms with E-state index >= 15 is 0 Å². The highest BCUT2D eigenvalue weighted by Crippen LogP contribution is 2.30. The van der Waals surface area contributed by atoms with Crippen LogP contribution in [0.15, 0.2) is 29.5 Å². The molecule has 7 heteroatoms. The lowest BCUT2D eigenvalue weighted by atomic mass is 10.0. The molecule has 7 nitrogen and oxygen atoms in total. The Morgan fingerprint density at radius 3 is 2.92 bits per heavy atom. The zero-order chi connectivity index (χ0) is 18.0. The van der Waals surface area contributed by atoms with Crippen molar-refractivity contribution in [2.75, 3.05) is 11.9 Å². The average molecular weight is 343 g/mol. The summed E-state index contributed by atoms with van der Waals surface area (Å²) >= 11 is 0. The van der Waals surface area contributed by atoms with E-state index in [0.717, 1.165) is 37.2 Å². The van der Waals surface area contributed by atoms with Gasteiger partial charge in [0.05, 0.1) is 6.04 Å². The van der Waals surface area contributed by atoms with Crippen LogP contribution in [0.2, 0.25) is 0 Å². The van der Waals surface area contributed by atoms with E-state index in [0.29, 0.717) is 12.2 Å². The number of hydrogen-bond donors (Lipinski definition) is 1. The van der Waals surface area contributed by atoms with Crippen molar-refractivity contribution < 1.29 is 4.79 Å². The number of piperidine rings is 1. The molecule has 1 aliphatic heterocycles. The predicted octanol–water partition coefficient (Wildman–Crippen LogP) is 2.67. The largest absolute Gasteiger partial charge is 0.333 e. The molecule has 3 rings (SSSR count). The van der Waals surface area contributed by atoms with Crippen LogP contribution in [0.5, 0.6) is 0 Å². The third-order valence-electron chi connectivity index (χ3n) is 4.86. The Labute approximate surface area is 147 Å². The molecular formula is C18H25N5O2. The predicted molar refractivity (Wildman–Crippen MR) is 96.6 cm³/mol. The first-order valence-corrected chi connectivity index (χ1v) is 8.77. The topological polar surface area (TPSA) is 72.2 Å². The summed E-state index contributed by atoms with van der Waals surface area (Å²) in [6.45, 7) is 5.38. The lowest BCUT2D eigenvalue weighted by Gasteiger charge is -2.35. The van der Waals surface area contributed by atoms with Crippen LogP contribution in [0.4, 0.5) is 10.5 Å². The molecule has 0 aromatic carbocycles. The molecule has 0 bridgehead atoms. The van der Waals surface area contributed by atoms with E-state index in [9.17, 15) is 9.59 Å². The van der Waals surface area contributed by atoms with Crippen molar-refractivity contribution in [2.45, 2.75) is 45.7 Å². The molecule has 25 heavy (non-hydrogen) atoms. The van der Waals surface area contributed by atoms with Gasteiger partial charge < -0.3 is 19.4 Å². The molecule has 2 amide bonds. The first-order valence-electron chi connectivity index (χ1n) is 8.77. The van der Waals surface area contributed by atoms with E-state index in [2.05, 4.69) is 21.8 Å². The molecule has 0 radical (unpaired) electrons. The Bertz CT molecular complexity index is 823. The van der Waals surface area contributed by atoms with Crippen molar-refractivity contribution >= 4 is 11.7 Å². The van der Waals surface area contributed by atoms with Gasteiger partial charge in [-0.15, -0.1) is 0 Å². The van der Waals surface area contributed by atoms with Gasteiger partial charge in [0.15, 0.2) is 0 Å². The molecule has 1 atom stereocenters. The van der Waals surface area contributed by atoms with E-state index in [1.807, 2.05) is 24.1 Å². The summed E-state index contributed by atoms with van der Waals surface area (Å²) in [6, 6.07) is 1.53. The number of carbonyl (C=O) groups is 1. The van der Waals surface area contributed by atoms with Crippen molar-refractivity contribution in [1.82, 2.24) is 19.0 Å². The SMILES string of the molecule is CCn1ccnc1C1CCCCN1C(=O)Nc1c(C)ccn(C)c1=O. The molecule has 1 fully saturated rings. The molecule has 0 saturated carbocycles. The number of hydrogen-bond acceptors (Lipinski definition) is 3. The molecule has 1 saturated heterocycles. The quantitative estimate of drug-likeness (QED) is 0.931. The minimum atomic E-state index is -0.234. The first kappa shape index (κ1) is 17.3. The normalized spacial score (nSPS) is 17.6. The van der Waals surface area contributed by atoms with E-state index < -0.39 is 0 Å². The summed E-state index contributed by atoms with van der Waals surface area (Å²) in [5.74, 6) is 0.912.